The van der Waals surface area contributed by atoms with Crippen LogP contribution in [0.1, 0.15) is 17.3 Å². The number of nitrogen functional groups attached to an aromatic ring is 1. The summed E-state index contributed by atoms with van der Waals surface area (Å²) in [6, 6.07) is 4.76. The van der Waals surface area contributed by atoms with Crippen LogP contribution in [-0.2, 0) is 4.79 Å². The van der Waals surface area contributed by atoms with Gasteiger partial charge >= 0.3 is 0 Å². The fourth-order valence-electron chi connectivity index (χ4n) is 1.65. The van der Waals surface area contributed by atoms with Crippen molar-refractivity contribution in [2.24, 2.45) is 0 Å². The zero-order chi connectivity index (χ0) is 16.3. The third-order valence-corrected chi connectivity index (χ3v) is 2.69. The maximum Gasteiger partial charge on any atom is 0.257 e. The van der Waals surface area contributed by atoms with E-state index in [-0.39, 0.29) is 23.0 Å². The van der Waals surface area contributed by atoms with Gasteiger partial charge in [0.1, 0.15) is 17.3 Å². The molecule has 4 N–H and O–H groups in total. The van der Waals surface area contributed by atoms with Gasteiger partial charge < -0.3 is 16.4 Å². The van der Waals surface area contributed by atoms with Crippen molar-refractivity contribution in [1.29, 1.82) is 0 Å². The highest BCUT2D eigenvalue weighted by Crippen LogP contribution is 2.24. The van der Waals surface area contributed by atoms with Crippen LogP contribution in [0.3, 0.4) is 0 Å². The van der Waals surface area contributed by atoms with Crippen LogP contribution in [-0.4, -0.2) is 16.8 Å². The Morgan fingerprint density at radius 3 is 2.45 bits per heavy atom. The minimum Gasteiger partial charge on any atom is -0.396 e. The van der Waals surface area contributed by atoms with Crippen LogP contribution in [0.25, 0.3) is 0 Å². The number of benzene rings is 1. The lowest BCUT2D eigenvalue weighted by atomic mass is 10.2. The summed E-state index contributed by atoms with van der Waals surface area (Å²) in [5.74, 6) is -2.80. The van der Waals surface area contributed by atoms with Gasteiger partial charge in [0.25, 0.3) is 5.91 Å². The van der Waals surface area contributed by atoms with Crippen molar-refractivity contribution < 1.29 is 18.4 Å². The molecule has 1 aromatic carbocycles. The number of nitrogens with one attached hydrogen (secondary N) is 2. The van der Waals surface area contributed by atoms with Gasteiger partial charge in [0.15, 0.2) is 5.82 Å². The first-order valence-corrected chi connectivity index (χ1v) is 6.17. The number of anilines is 3. The summed E-state index contributed by atoms with van der Waals surface area (Å²) in [7, 11) is 0. The molecule has 114 valence electrons. The Morgan fingerprint density at radius 1 is 1.14 bits per heavy atom. The Bertz CT molecular complexity index is 732. The number of aromatic nitrogens is 1. The van der Waals surface area contributed by atoms with Gasteiger partial charge in [0.2, 0.25) is 5.91 Å². The number of nitrogens with zero attached hydrogens (tertiary/aromatic N) is 1. The topological polar surface area (TPSA) is 97.1 Å². The molecule has 6 nitrogen and oxygen atoms in total. The van der Waals surface area contributed by atoms with E-state index in [1.165, 1.54) is 25.3 Å². The molecule has 1 aromatic heterocycles. The summed E-state index contributed by atoms with van der Waals surface area (Å²) in [6.07, 6.45) is 1.17. The molecular formula is C14H12F2N4O2. The number of hydrogen-bond donors (Lipinski definition) is 3. The Kier molecular flexibility index (Phi) is 4.31. The van der Waals surface area contributed by atoms with Crippen molar-refractivity contribution in [2.45, 2.75) is 6.92 Å². The molecule has 0 spiro atoms. The van der Waals surface area contributed by atoms with Crippen molar-refractivity contribution in [3.63, 3.8) is 0 Å². The highest BCUT2D eigenvalue weighted by atomic mass is 19.1. The quantitative estimate of drug-likeness (QED) is 0.757. The van der Waals surface area contributed by atoms with Gasteiger partial charge in [0.05, 0.1) is 11.3 Å². The van der Waals surface area contributed by atoms with E-state index in [0.29, 0.717) is 0 Å². The van der Waals surface area contributed by atoms with E-state index in [9.17, 15) is 18.4 Å². The van der Waals surface area contributed by atoms with Gasteiger partial charge in [-0.3, -0.25) is 9.59 Å². The summed E-state index contributed by atoms with van der Waals surface area (Å²) in [6.45, 7) is 1.31. The monoisotopic (exact) mass is 306 g/mol. The molecule has 0 aliphatic carbocycles. The zero-order valence-electron chi connectivity index (χ0n) is 11.5. The maximum absolute atomic E-state index is 13.7. The number of halogens is 2. The molecule has 2 amide bonds. The fourth-order valence-corrected chi connectivity index (χ4v) is 1.65. The lowest BCUT2D eigenvalue weighted by Gasteiger charge is -2.09. The van der Waals surface area contributed by atoms with E-state index in [1.807, 2.05) is 0 Å². The van der Waals surface area contributed by atoms with E-state index in [4.69, 9.17) is 5.73 Å². The van der Waals surface area contributed by atoms with Gasteiger partial charge in [-0.2, -0.15) is 0 Å². The molecule has 0 atom stereocenters. The van der Waals surface area contributed by atoms with Crippen molar-refractivity contribution in [2.75, 3.05) is 16.4 Å². The van der Waals surface area contributed by atoms with Crippen molar-refractivity contribution in [3.8, 4) is 0 Å². The van der Waals surface area contributed by atoms with Gasteiger partial charge in [0, 0.05) is 13.1 Å². The van der Waals surface area contributed by atoms with E-state index in [1.54, 1.807) is 0 Å². The van der Waals surface area contributed by atoms with Crippen molar-refractivity contribution in [1.82, 2.24) is 4.98 Å². The Balaban J connectivity index is 2.19. The normalized spacial score (nSPS) is 10.1. The summed E-state index contributed by atoms with van der Waals surface area (Å²) in [5.41, 5.74) is 4.48. The number of carbonyl (C=O) groups excluding carboxylic acids is 2. The van der Waals surface area contributed by atoms with Crippen LogP contribution in [0.5, 0.6) is 0 Å². The van der Waals surface area contributed by atoms with Crippen LogP contribution >= 0.6 is 0 Å². The number of nitrogens with two attached hydrogens (primary N) is 1. The number of hydrogen-bond acceptors (Lipinski definition) is 4. The highest BCUT2D eigenvalue weighted by Gasteiger charge is 2.16. The molecule has 2 aromatic rings. The molecule has 0 bridgehead atoms. The van der Waals surface area contributed by atoms with Crippen LogP contribution in [0.4, 0.5) is 26.0 Å². The fraction of sp³-hybridized carbons (Fsp3) is 0.0714. The second kappa shape index (κ2) is 6.17. The standard InChI is InChI=1S/C14H12F2N4O2/c1-7(21)19-11-5-2-8(6-18-11)14(22)20-13-9(15)3-4-10(17)12(13)16/h2-6H,17H2,1H3,(H,20,22)(H,18,19,21). The molecular weight excluding hydrogens is 294 g/mol. The molecule has 0 fully saturated rings. The first-order valence-electron chi connectivity index (χ1n) is 6.17. The van der Waals surface area contributed by atoms with E-state index < -0.39 is 23.2 Å². The number of carbonyl (C=O) groups is 2. The van der Waals surface area contributed by atoms with Gasteiger partial charge in [-0.25, -0.2) is 13.8 Å². The first-order chi connectivity index (χ1) is 10.4. The highest BCUT2D eigenvalue weighted by molar-refractivity contribution is 6.04. The SMILES string of the molecule is CC(=O)Nc1ccc(C(=O)Nc2c(F)ccc(N)c2F)cn1. The maximum atomic E-state index is 13.7. The molecule has 0 saturated carbocycles. The van der Waals surface area contributed by atoms with Crippen molar-refractivity contribution in [3.05, 3.63) is 47.7 Å². The predicted octanol–water partition coefficient (Wildman–Crippen LogP) is 2.15. The predicted molar refractivity (Wildman–Crippen MR) is 77.3 cm³/mol. The van der Waals surface area contributed by atoms with Gasteiger partial charge in [-0.05, 0) is 24.3 Å². The Labute approximate surface area is 124 Å². The lowest BCUT2D eigenvalue weighted by molar-refractivity contribution is -0.114. The van der Waals surface area contributed by atoms with Crippen LogP contribution in [0, 0.1) is 11.6 Å². The average molecular weight is 306 g/mol. The van der Waals surface area contributed by atoms with E-state index >= 15 is 0 Å². The average Bonchev–Trinajstić information content (AvgIpc) is 2.47. The molecule has 22 heavy (non-hydrogen) atoms. The smallest absolute Gasteiger partial charge is 0.257 e. The van der Waals surface area contributed by atoms with E-state index in [0.717, 1.165) is 12.1 Å². The molecule has 0 unspecified atom stereocenters. The molecule has 8 heteroatoms. The third kappa shape index (κ3) is 3.35. The summed E-state index contributed by atoms with van der Waals surface area (Å²) >= 11 is 0. The van der Waals surface area contributed by atoms with Crippen LogP contribution in [0.15, 0.2) is 30.5 Å². The van der Waals surface area contributed by atoms with Gasteiger partial charge in [-0.15, -0.1) is 0 Å². The molecule has 1 heterocycles. The van der Waals surface area contributed by atoms with E-state index in [2.05, 4.69) is 15.6 Å². The summed E-state index contributed by atoms with van der Waals surface area (Å²) in [5, 5.41) is 4.53. The molecule has 0 radical (unpaired) electrons. The molecule has 2 rings (SSSR count). The Hall–Kier alpha value is -3.03. The van der Waals surface area contributed by atoms with Crippen LogP contribution in [0.2, 0.25) is 0 Å². The van der Waals surface area contributed by atoms with Crippen LogP contribution < -0.4 is 16.4 Å². The molecule has 0 saturated heterocycles. The molecule has 0 aliphatic rings. The largest absolute Gasteiger partial charge is 0.396 e. The minimum atomic E-state index is -1.05. The second-order valence-corrected chi connectivity index (χ2v) is 4.39. The second-order valence-electron chi connectivity index (χ2n) is 4.39. The first kappa shape index (κ1) is 15.4. The number of rotatable bonds is 3. The summed E-state index contributed by atoms with van der Waals surface area (Å²) < 4.78 is 27.2. The molecule has 0 aliphatic heterocycles. The third-order valence-electron chi connectivity index (χ3n) is 2.69. The summed E-state index contributed by atoms with van der Waals surface area (Å²) in [4.78, 5) is 26.6. The zero-order valence-corrected chi connectivity index (χ0v) is 11.5. The van der Waals surface area contributed by atoms with Gasteiger partial charge in [-0.1, -0.05) is 0 Å². The lowest BCUT2D eigenvalue weighted by Crippen LogP contribution is -2.16. The number of pyridine rings is 1. The van der Waals surface area contributed by atoms with Crippen molar-refractivity contribution >= 4 is 29.0 Å². The minimum absolute atomic E-state index is 0.0651. The Morgan fingerprint density at radius 2 is 1.86 bits per heavy atom. The number of amides is 2.